The van der Waals surface area contributed by atoms with Crippen LogP contribution in [0.1, 0.15) is 10.4 Å². The van der Waals surface area contributed by atoms with Crippen LogP contribution in [0.4, 0.5) is 5.69 Å². The van der Waals surface area contributed by atoms with Crippen LogP contribution in [-0.2, 0) is 0 Å². The third-order valence-electron chi connectivity index (χ3n) is 4.12. The van der Waals surface area contributed by atoms with E-state index < -0.39 is 5.91 Å². The number of rotatable bonds is 6. The van der Waals surface area contributed by atoms with Gasteiger partial charge < -0.3 is 24.1 Å². The number of ether oxygens (including phenoxy) is 3. The zero-order valence-electron chi connectivity index (χ0n) is 15.5. The quantitative estimate of drug-likeness (QED) is 0.604. The van der Waals surface area contributed by atoms with Crippen molar-refractivity contribution in [3.63, 3.8) is 0 Å². The first-order chi connectivity index (χ1) is 13.5. The molecule has 8 heteroatoms. The molecule has 28 heavy (non-hydrogen) atoms. The third-order valence-corrected chi connectivity index (χ3v) is 4.72. The summed E-state index contributed by atoms with van der Waals surface area (Å²) >= 11 is 12.6. The molecule has 0 bridgehead atoms. The number of nitrogens with one attached hydrogen (secondary N) is 1. The Hall–Kier alpha value is -2.83. The van der Waals surface area contributed by atoms with Crippen LogP contribution >= 0.6 is 23.2 Å². The van der Waals surface area contributed by atoms with Crippen molar-refractivity contribution in [2.75, 3.05) is 26.6 Å². The highest BCUT2D eigenvalue weighted by atomic mass is 35.5. The minimum Gasteiger partial charge on any atom is -0.496 e. The smallest absolute Gasteiger partial charge is 0.259 e. The fourth-order valence-electron chi connectivity index (χ4n) is 2.73. The van der Waals surface area contributed by atoms with Gasteiger partial charge in [-0.1, -0.05) is 23.2 Å². The first-order valence-corrected chi connectivity index (χ1v) is 8.97. The van der Waals surface area contributed by atoms with E-state index in [1.165, 1.54) is 21.3 Å². The monoisotopic (exact) mass is 420 g/mol. The Balaban J connectivity index is 1.97. The summed E-state index contributed by atoms with van der Waals surface area (Å²) in [5, 5.41) is 3.52. The second-order valence-corrected chi connectivity index (χ2v) is 6.55. The lowest BCUT2D eigenvalue weighted by atomic mass is 10.1. The number of hydrogen-bond donors (Lipinski definition) is 1. The highest BCUT2D eigenvalue weighted by Crippen LogP contribution is 2.37. The molecule has 0 spiro atoms. The van der Waals surface area contributed by atoms with Crippen molar-refractivity contribution in [1.82, 2.24) is 4.57 Å². The van der Waals surface area contributed by atoms with E-state index in [-0.39, 0.29) is 5.56 Å². The summed E-state index contributed by atoms with van der Waals surface area (Å²) in [6.07, 6.45) is 3.70. The van der Waals surface area contributed by atoms with Gasteiger partial charge in [0.15, 0.2) is 0 Å². The van der Waals surface area contributed by atoms with Crippen molar-refractivity contribution in [3.05, 3.63) is 64.4 Å². The molecule has 0 radical (unpaired) electrons. The van der Waals surface area contributed by atoms with Gasteiger partial charge in [0.05, 0.1) is 48.3 Å². The molecule has 1 heterocycles. The van der Waals surface area contributed by atoms with Gasteiger partial charge >= 0.3 is 0 Å². The minimum atomic E-state index is -0.419. The van der Waals surface area contributed by atoms with Crippen molar-refractivity contribution < 1.29 is 19.0 Å². The largest absolute Gasteiger partial charge is 0.496 e. The van der Waals surface area contributed by atoms with Crippen LogP contribution in [-0.4, -0.2) is 31.8 Å². The number of aromatic nitrogens is 1. The molecule has 146 valence electrons. The molecule has 0 saturated carbocycles. The Morgan fingerprint density at radius 1 is 0.857 bits per heavy atom. The van der Waals surface area contributed by atoms with Gasteiger partial charge in [0.25, 0.3) is 5.91 Å². The predicted molar refractivity (Wildman–Crippen MR) is 110 cm³/mol. The zero-order valence-corrected chi connectivity index (χ0v) is 17.0. The van der Waals surface area contributed by atoms with Gasteiger partial charge in [-0.15, -0.1) is 0 Å². The van der Waals surface area contributed by atoms with Crippen LogP contribution in [0, 0.1) is 0 Å². The number of amides is 1. The van der Waals surface area contributed by atoms with Crippen molar-refractivity contribution in [3.8, 4) is 22.9 Å². The van der Waals surface area contributed by atoms with Crippen LogP contribution in [0.5, 0.6) is 17.2 Å². The number of carbonyl (C=O) groups is 1. The number of nitrogens with zero attached hydrogens (tertiary/aromatic N) is 1. The van der Waals surface area contributed by atoms with Gasteiger partial charge in [-0.3, -0.25) is 4.79 Å². The maximum Gasteiger partial charge on any atom is 0.259 e. The van der Waals surface area contributed by atoms with Gasteiger partial charge in [-0.2, -0.15) is 0 Å². The van der Waals surface area contributed by atoms with Crippen molar-refractivity contribution in [2.45, 2.75) is 0 Å². The van der Waals surface area contributed by atoms with Crippen LogP contribution in [0.2, 0.25) is 10.0 Å². The highest BCUT2D eigenvalue weighted by Gasteiger charge is 2.19. The van der Waals surface area contributed by atoms with Crippen LogP contribution in [0.25, 0.3) is 5.69 Å². The predicted octanol–water partition coefficient (Wildman–Crippen LogP) is 5.06. The van der Waals surface area contributed by atoms with Crippen molar-refractivity contribution in [1.29, 1.82) is 0 Å². The Kier molecular flexibility index (Phi) is 6.02. The van der Waals surface area contributed by atoms with Crippen molar-refractivity contribution >= 4 is 34.8 Å². The van der Waals surface area contributed by atoms with Gasteiger partial charge in [-0.05, 0) is 24.3 Å². The normalized spacial score (nSPS) is 10.5. The summed E-state index contributed by atoms with van der Waals surface area (Å²) in [4.78, 5) is 12.9. The second kappa shape index (κ2) is 8.46. The summed E-state index contributed by atoms with van der Waals surface area (Å²) in [5.74, 6) is 0.804. The van der Waals surface area contributed by atoms with E-state index in [1.54, 1.807) is 24.3 Å². The molecule has 3 aromatic rings. The second-order valence-electron chi connectivity index (χ2n) is 5.74. The summed E-state index contributed by atoms with van der Waals surface area (Å²) in [6, 6.07) is 10.2. The Morgan fingerprint density at radius 2 is 1.50 bits per heavy atom. The number of hydrogen-bond acceptors (Lipinski definition) is 4. The zero-order chi connectivity index (χ0) is 20.3. The lowest BCUT2D eigenvalue weighted by Crippen LogP contribution is -2.14. The molecule has 1 N–H and O–H groups in total. The molecule has 0 aliphatic heterocycles. The Bertz CT molecular complexity index is 1000. The number of halogens is 2. The van der Waals surface area contributed by atoms with Crippen LogP contribution in [0.15, 0.2) is 48.8 Å². The highest BCUT2D eigenvalue weighted by molar-refractivity contribution is 6.33. The standard InChI is InChI=1S/C20H18Cl2N2O4/c1-26-17-10-16(24-6-4-5-7-24)13(21)8-12(17)20(25)23-15-9-14(22)18(27-2)11-19(15)28-3/h4-11H,1-3H3,(H,23,25). The molecule has 1 amide bonds. The lowest BCUT2D eigenvalue weighted by molar-refractivity contribution is 0.102. The minimum absolute atomic E-state index is 0.275. The molecule has 0 unspecified atom stereocenters. The molecule has 0 saturated heterocycles. The number of benzene rings is 2. The van der Waals surface area contributed by atoms with E-state index in [2.05, 4.69) is 5.32 Å². The molecular formula is C20H18Cl2N2O4. The summed E-state index contributed by atoms with van der Waals surface area (Å²) in [6.45, 7) is 0. The average Bonchev–Trinajstić information content (AvgIpc) is 3.22. The van der Waals surface area contributed by atoms with E-state index in [4.69, 9.17) is 37.4 Å². The van der Waals surface area contributed by atoms with Crippen molar-refractivity contribution in [2.24, 2.45) is 0 Å². The van der Waals surface area contributed by atoms with Gasteiger partial charge in [-0.25, -0.2) is 0 Å². The van der Waals surface area contributed by atoms with Gasteiger partial charge in [0.2, 0.25) is 0 Å². The fourth-order valence-corrected chi connectivity index (χ4v) is 3.23. The molecular weight excluding hydrogens is 403 g/mol. The summed E-state index contributed by atoms with van der Waals surface area (Å²) in [7, 11) is 4.48. The number of methoxy groups -OCH3 is 3. The number of carbonyl (C=O) groups excluding carboxylic acids is 1. The maximum atomic E-state index is 12.9. The topological polar surface area (TPSA) is 61.7 Å². The SMILES string of the molecule is COc1cc(OC)c(NC(=O)c2cc(Cl)c(-n3cccc3)cc2OC)cc1Cl. The first-order valence-electron chi connectivity index (χ1n) is 8.22. The number of anilines is 1. The first kappa shape index (κ1) is 19.9. The van der Waals surface area contributed by atoms with E-state index in [9.17, 15) is 4.79 Å². The van der Waals surface area contributed by atoms with E-state index in [0.29, 0.717) is 38.7 Å². The molecule has 0 atom stereocenters. The van der Waals surface area contributed by atoms with Crippen LogP contribution < -0.4 is 19.5 Å². The maximum absolute atomic E-state index is 12.9. The summed E-state index contributed by atoms with van der Waals surface area (Å²) < 4.78 is 17.7. The third kappa shape index (κ3) is 3.88. The van der Waals surface area contributed by atoms with E-state index in [0.717, 1.165) is 0 Å². The molecule has 3 rings (SSSR count). The lowest BCUT2D eigenvalue weighted by Gasteiger charge is -2.16. The summed E-state index contributed by atoms with van der Waals surface area (Å²) in [5.41, 5.74) is 1.37. The van der Waals surface area contributed by atoms with E-state index in [1.807, 2.05) is 29.1 Å². The molecule has 1 aromatic heterocycles. The van der Waals surface area contributed by atoms with Gasteiger partial charge in [0.1, 0.15) is 17.2 Å². The molecule has 2 aromatic carbocycles. The Morgan fingerprint density at radius 3 is 2.11 bits per heavy atom. The van der Waals surface area contributed by atoms with Crippen LogP contribution in [0.3, 0.4) is 0 Å². The van der Waals surface area contributed by atoms with Gasteiger partial charge in [0, 0.05) is 24.5 Å². The molecule has 0 aliphatic carbocycles. The fraction of sp³-hybridized carbons (Fsp3) is 0.150. The van der Waals surface area contributed by atoms with E-state index >= 15 is 0 Å². The average molecular weight is 421 g/mol. The molecule has 0 fully saturated rings. The molecule has 6 nitrogen and oxygen atoms in total. The Labute approximate surface area is 172 Å². The molecule has 0 aliphatic rings.